The summed E-state index contributed by atoms with van der Waals surface area (Å²) >= 11 is 0. The Hall–Kier alpha value is -4.56. The number of pyridine rings is 2. The number of nitrogen functional groups attached to an aromatic ring is 1. The van der Waals surface area contributed by atoms with Gasteiger partial charge in [-0.2, -0.15) is 13.2 Å². The number of aromatic nitrogens is 4. The summed E-state index contributed by atoms with van der Waals surface area (Å²) < 4.78 is 38.7. The van der Waals surface area contributed by atoms with E-state index in [0.29, 0.717) is 39.7 Å². The van der Waals surface area contributed by atoms with E-state index in [0.717, 1.165) is 12.3 Å². The molecule has 37 heavy (non-hydrogen) atoms. The number of likely N-dealkylation sites (N-methyl/N-ethyl adjacent to an activating group) is 1. The van der Waals surface area contributed by atoms with Gasteiger partial charge in [0.2, 0.25) is 5.60 Å². The first-order valence-electron chi connectivity index (χ1n) is 11.1. The molecule has 11 heteroatoms. The van der Waals surface area contributed by atoms with E-state index in [-0.39, 0.29) is 18.1 Å². The number of amides is 1. The van der Waals surface area contributed by atoms with E-state index in [1.807, 2.05) is 0 Å². The molecule has 1 aromatic carbocycles. The van der Waals surface area contributed by atoms with Crippen LogP contribution in [0.15, 0.2) is 55.0 Å². The van der Waals surface area contributed by atoms with E-state index in [1.54, 1.807) is 31.3 Å². The predicted molar refractivity (Wildman–Crippen MR) is 129 cm³/mol. The number of fused-ring (bicyclic) bond motifs is 1. The maximum Gasteiger partial charge on any atom is 0.433 e. The number of aliphatic hydroxyl groups is 1. The Bertz CT molecular complexity index is 1590. The maximum absolute atomic E-state index is 12.9. The average molecular weight is 504 g/mol. The summed E-state index contributed by atoms with van der Waals surface area (Å²) in [7, 11) is 1.61. The Kier molecular flexibility index (Phi) is 5.76. The largest absolute Gasteiger partial charge is 0.433 e. The van der Waals surface area contributed by atoms with Crippen molar-refractivity contribution in [1.82, 2.24) is 24.8 Å². The number of halogens is 3. The average Bonchev–Trinajstić information content (AvgIpc) is 3.14. The number of carbonyl (C=O) groups excluding carboxylic acids is 1. The monoisotopic (exact) mass is 504 g/mol. The summed E-state index contributed by atoms with van der Waals surface area (Å²) in [5.41, 5.74) is 5.90. The van der Waals surface area contributed by atoms with Crippen molar-refractivity contribution in [2.24, 2.45) is 0 Å². The molecule has 1 saturated heterocycles. The molecular weight excluding hydrogens is 485 g/mol. The lowest BCUT2D eigenvalue weighted by atomic mass is 10.0. The zero-order valence-electron chi connectivity index (χ0n) is 19.4. The second kappa shape index (κ2) is 8.83. The molecular formula is C26H19F3N6O2. The van der Waals surface area contributed by atoms with E-state index in [1.165, 1.54) is 23.4 Å². The van der Waals surface area contributed by atoms with Crippen LogP contribution >= 0.6 is 0 Å². The molecule has 0 radical (unpaired) electrons. The molecule has 4 heterocycles. The van der Waals surface area contributed by atoms with E-state index in [2.05, 4.69) is 31.8 Å². The van der Waals surface area contributed by atoms with E-state index < -0.39 is 23.4 Å². The van der Waals surface area contributed by atoms with Crippen LogP contribution in [0.25, 0.3) is 33.4 Å². The van der Waals surface area contributed by atoms with Crippen molar-refractivity contribution >= 4 is 22.6 Å². The van der Waals surface area contributed by atoms with Crippen LogP contribution in [0.5, 0.6) is 0 Å². The molecule has 0 spiro atoms. The minimum absolute atomic E-state index is 0.114. The summed E-state index contributed by atoms with van der Waals surface area (Å²) in [6.45, 7) is 0.423. The van der Waals surface area contributed by atoms with Gasteiger partial charge in [-0.15, -0.1) is 0 Å². The van der Waals surface area contributed by atoms with Crippen molar-refractivity contribution in [2.75, 3.05) is 19.3 Å². The summed E-state index contributed by atoms with van der Waals surface area (Å²) in [6.07, 6.45) is -0.265. The molecule has 1 aliphatic heterocycles. The molecule has 0 aliphatic carbocycles. The minimum Gasteiger partial charge on any atom is -0.383 e. The Morgan fingerprint density at radius 2 is 1.92 bits per heavy atom. The third-order valence-electron chi connectivity index (χ3n) is 6.04. The fourth-order valence-electron chi connectivity index (χ4n) is 4.06. The van der Waals surface area contributed by atoms with E-state index in [4.69, 9.17) is 5.73 Å². The highest BCUT2D eigenvalue weighted by Gasteiger charge is 2.42. The number of likely N-dealkylation sites (tertiary alicyclic amines) is 1. The smallest absolute Gasteiger partial charge is 0.383 e. The van der Waals surface area contributed by atoms with Gasteiger partial charge in [0.05, 0.1) is 17.1 Å². The van der Waals surface area contributed by atoms with Crippen LogP contribution in [0.2, 0.25) is 0 Å². The molecule has 3 N–H and O–H groups in total. The van der Waals surface area contributed by atoms with Gasteiger partial charge in [0.15, 0.2) is 5.82 Å². The first kappa shape index (κ1) is 24.1. The van der Waals surface area contributed by atoms with Gasteiger partial charge in [0.1, 0.15) is 11.5 Å². The quantitative estimate of drug-likeness (QED) is 0.402. The highest BCUT2D eigenvalue weighted by atomic mass is 19.4. The summed E-state index contributed by atoms with van der Waals surface area (Å²) in [4.78, 5) is 30.2. The van der Waals surface area contributed by atoms with Crippen molar-refractivity contribution in [3.63, 3.8) is 0 Å². The Morgan fingerprint density at radius 1 is 1.11 bits per heavy atom. The van der Waals surface area contributed by atoms with Crippen molar-refractivity contribution in [1.29, 1.82) is 0 Å². The Balaban J connectivity index is 1.51. The standard InChI is InChI=1S/C26H19F3N6O2/c1-35-10-9-25(37,24(35)36)8-7-15-3-2-4-16(11-15)23-33-19-14-31-13-18(21(19)22(30)34-23)17-5-6-20(32-12-17)26(27,28)29/h2-6,11-14,37H,9-10H2,1H3,(H2,30,33,34)/t25-/m0/s1. The first-order valence-corrected chi connectivity index (χ1v) is 11.1. The lowest BCUT2D eigenvalue weighted by Crippen LogP contribution is -2.37. The highest BCUT2D eigenvalue weighted by molar-refractivity contribution is 6.01. The number of nitrogens with two attached hydrogens (primary N) is 1. The number of nitrogens with zero attached hydrogens (tertiary/aromatic N) is 5. The third-order valence-corrected chi connectivity index (χ3v) is 6.04. The lowest BCUT2D eigenvalue weighted by Gasteiger charge is -2.13. The Morgan fingerprint density at radius 3 is 2.59 bits per heavy atom. The van der Waals surface area contributed by atoms with Crippen molar-refractivity contribution in [3.8, 4) is 34.4 Å². The van der Waals surface area contributed by atoms with Crippen molar-refractivity contribution < 1.29 is 23.1 Å². The molecule has 0 saturated carbocycles. The normalized spacial score (nSPS) is 17.6. The molecule has 4 aromatic rings. The Labute approximate surface area is 209 Å². The van der Waals surface area contributed by atoms with E-state index >= 15 is 0 Å². The zero-order chi connectivity index (χ0) is 26.4. The summed E-state index contributed by atoms with van der Waals surface area (Å²) in [6, 6.07) is 9.11. The molecule has 5 rings (SSSR count). The van der Waals surface area contributed by atoms with Crippen LogP contribution < -0.4 is 5.73 Å². The number of anilines is 1. The minimum atomic E-state index is -4.55. The van der Waals surface area contributed by atoms with Gasteiger partial charge in [-0.05, 0) is 18.2 Å². The third kappa shape index (κ3) is 4.54. The number of hydrogen-bond donors (Lipinski definition) is 2. The molecule has 1 fully saturated rings. The molecule has 186 valence electrons. The topological polar surface area (TPSA) is 118 Å². The second-order valence-corrected chi connectivity index (χ2v) is 8.61. The number of alkyl halides is 3. The zero-order valence-corrected chi connectivity index (χ0v) is 19.4. The van der Waals surface area contributed by atoms with Crippen LogP contribution in [0.3, 0.4) is 0 Å². The molecule has 0 bridgehead atoms. The number of benzene rings is 1. The van der Waals surface area contributed by atoms with Gasteiger partial charge >= 0.3 is 6.18 Å². The van der Waals surface area contributed by atoms with Crippen LogP contribution in [-0.2, 0) is 11.0 Å². The molecule has 1 amide bonds. The molecule has 0 unspecified atom stereocenters. The van der Waals surface area contributed by atoms with E-state index in [9.17, 15) is 23.1 Å². The summed E-state index contributed by atoms with van der Waals surface area (Å²) in [5.74, 6) is 5.49. The summed E-state index contributed by atoms with van der Waals surface area (Å²) in [5, 5.41) is 11.0. The number of carbonyl (C=O) groups is 1. The lowest BCUT2D eigenvalue weighted by molar-refractivity contribution is -0.141. The van der Waals surface area contributed by atoms with Gasteiger partial charge in [-0.1, -0.05) is 30.0 Å². The van der Waals surface area contributed by atoms with Crippen LogP contribution in [-0.4, -0.2) is 55.0 Å². The number of rotatable bonds is 2. The van der Waals surface area contributed by atoms with Crippen LogP contribution in [0.1, 0.15) is 17.7 Å². The second-order valence-electron chi connectivity index (χ2n) is 8.61. The van der Waals surface area contributed by atoms with Gasteiger partial charge in [0, 0.05) is 54.7 Å². The molecule has 1 aliphatic rings. The van der Waals surface area contributed by atoms with Gasteiger partial charge < -0.3 is 15.7 Å². The fraction of sp³-hybridized carbons (Fsp3) is 0.192. The fourth-order valence-corrected chi connectivity index (χ4v) is 4.06. The highest BCUT2D eigenvalue weighted by Crippen LogP contribution is 2.33. The van der Waals surface area contributed by atoms with Gasteiger partial charge in [-0.25, -0.2) is 9.97 Å². The molecule has 1 atom stereocenters. The molecule has 8 nitrogen and oxygen atoms in total. The maximum atomic E-state index is 12.9. The van der Waals surface area contributed by atoms with Gasteiger partial charge in [0.25, 0.3) is 5.91 Å². The van der Waals surface area contributed by atoms with Crippen LogP contribution in [0.4, 0.5) is 19.0 Å². The SMILES string of the molecule is CN1CC[C@@](O)(C#Cc2cccc(-c3nc(N)c4c(-c5ccc(C(F)(F)F)nc5)cncc4n3)c2)C1=O. The van der Waals surface area contributed by atoms with Crippen LogP contribution in [0, 0.1) is 11.8 Å². The number of hydrogen-bond acceptors (Lipinski definition) is 7. The van der Waals surface area contributed by atoms with Crippen molar-refractivity contribution in [3.05, 3.63) is 66.2 Å². The van der Waals surface area contributed by atoms with Crippen molar-refractivity contribution in [2.45, 2.75) is 18.2 Å². The van der Waals surface area contributed by atoms with Gasteiger partial charge in [-0.3, -0.25) is 14.8 Å². The predicted octanol–water partition coefficient (Wildman–Crippen LogP) is 3.30. The first-order chi connectivity index (χ1) is 17.5. The molecule has 3 aromatic heterocycles.